The van der Waals surface area contributed by atoms with Crippen molar-refractivity contribution in [3.8, 4) is 17.1 Å². The summed E-state index contributed by atoms with van der Waals surface area (Å²) < 4.78 is 8.09. The van der Waals surface area contributed by atoms with Crippen molar-refractivity contribution in [3.05, 3.63) is 53.9 Å². The van der Waals surface area contributed by atoms with Crippen molar-refractivity contribution in [3.63, 3.8) is 0 Å². The number of aryl methyl sites for hydroxylation is 2. The second-order valence-electron chi connectivity index (χ2n) is 6.57. The highest BCUT2D eigenvalue weighted by molar-refractivity contribution is 7.99. The number of hydrogen-bond donors (Lipinski definition) is 0. The zero-order chi connectivity index (χ0) is 19.1. The third kappa shape index (κ3) is 5.32. The van der Waals surface area contributed by atoms with Crippen LogP contribution in [-0.4, -0.2) is 32.1 Å². The maximum Gasteiger partial charge on any atom is 0.191 e. The molecule has 0 aliphatic heterocycles. The van der Waals surface area contributed by atoms with Gasteiger partial charge in [-0.25, -0.2) is 0 Å². The van der Waals surface area contributed by atoms with E-state index in [-0.39, 0.29) is 0 Å². The Kier molecular flexibility index (Phi) is 6.87. The van der Waals surface area contributed by atoms with Gasteiger partial charge in [0.15, 0.2) is 11.0 Å². The lowest BCUT2D eigenvalue weighted by Crippen LogP contribution is -2.03. The van der Waals surface area contributed by atoms with E-state index in [1.165, 1.54) is 11.1 Å². The van der Waals surface area contributed by atoms with Crippen molar-refractivity contribution in [1.29, 1.82) is 0 Å². The molecule has 0 atom stereocenters. The SMILES string of the molecule is CCCn1c(SCCCOc2cc(C)cc(C)c2)nnc1-c1ccncc1. The molecule has 0 N–H and O–H groups in total. The van der Waals surface area contributed by atoms with E-state index < -0.39 is 0 Å². The average Bonchev–Trinajstić information content (AvgIpc) is 3.04. The molecule has 0 unspecified atom stereocenters. The fraction of sp³-hybridized carbons (Fsp3) is 0.381. The first-order chi connectivity index (χ1) is 13.2. The molecule has 0 aliphatic carbocycles. The van der Waals surface area contributed by atoms with Gasteiger partial charge in [0.25, 0.3) is 0 Å². The Hall–Kier alpha value is -2.34. The van der Waals surface area contributed by atoms with E-state index in [4.69, 9.17) is 4.74 Å². The summed E-state index contributed by atoms with van der Waals surface area (Å²) in [6.45, 7) is 7.97. The van der Waals surface area contributed by atoms with Gasteiger partial charge in [0.1, 0.15) is 5.75 Å². The van der Waals surface area contributed by atoms with Crippen LogP contribution in [0.2, 0.25) is 0 Å². The van der Waals surface area contributed by atoms with E-state index in [0.717, 1.165) is 47.4 Å². The molecule has 2 aromatic heterocycles. The van der Waals surface area contributed by atoms with Gasteiger partial charge in [0.2, 0.25) is 0 Å². The molecule has 0 aliphatic rings. The average molecular weight is 383 g/mol. The number of thioether (sulfide) groups is 1. The molecule has 142 valence electrons. The highest BCUT2D eigenvalue weighted by Crippen LogP contribution is 2.24. The van der Waals surface area contributed by atoms with Crippen LogP contribution in [0, 0.1) is 13.8 Å². The van der Waals surface area contributed by atoms with Gasteiger partial charge in [0, 0.05) is 30.3 Å². The Morgan fingerprint density at radius 2 is 1.78 bits per heavy atom. The van der Waals surface area contributed by atoms with Crippen LogP contribution in [0.25, 0.3) is 11.4 Å². The quantitative estimate of drug-likeness (QED) is 0.388. The van der Waals surface area contributed by atoms with E-state index in [1.54, 1.807) is 24.2 Å². The maximum absolute atomic E-state index is 5.89. The van der Waals surface area contributed by atoms with Crippen molar-refractivity contribution in [2.75, 3.05) is 12.4 Å². The molecule has 0 spiro atoms. The van der Waals surface area contributed by atoms with Crippen LogP contribution in [0.3, 0.4) is 0 Å². The fourth-order valence-electron chi connectivity index (χ4n) is 2.96. The van der Waals surface area contributed by atoms with Crippen molar-refractivity contribution in [1.82, 2.24) is 19.7 Å². The smallest absolute Gasteiger partial charge is 0.191 e. The second-order valence-corrected chi connectivity index (χ2v) is 7.63. The van der Waals surface area contributed by atoms with Gasteiger partial charge in [-0.3, -0.25) is 4.98 Å². The van der Waals surface area contributed by atoms with Gasteiger partial charge < -0.3 is 9.30 Å². The van der Waals surface area contributed by atoms with Crippen molar-refractivity contribution in [2.24, 2.45) is 0 Å². The van der Waals surface area contributed by atoms with Gasteiger partial charge in [-0.2, -0.15) is 0 Å². The predicted molar refractivity (Wildman–Crippen MR) is 110 cm³/mol. The largest absolute Gasteiger partial charge is 0.494 e. The van der Waals surface area contributed by atoms with Crippen LogP contribution in [0.4, 0.5) is 0 Å². The second kappa shape index (κ2) is 9.55. The van der Waals surface area contributed by atoms with Gasteiger partial charge in [-0.05, 0) is 62.1 Å². The van der Waals surface area contributed by atoms with Crippen LogP contribution in [-0.2, 0) is 6.54 Å². The first-order valence-electron chi connectivity index (χ1n) is 9.35. The number of rotatable bonds is 9. The molecule has 0 fully saturated rings. The summed E-state index contributed by atoms with van der Waals surface area (Å²) in [6, 6.07) is 10.3. The minimum Gasteiger partial charge on any atom is -0.494 e. The molecule has 3 aromatic rings. The number of aromatic nitrogens is 4. The molecular weight excluding hydrogens is 356 g/mol. The van der Waals surface area contributed by atoms with Gasteiger partial charge in [-0.1, -0.05) is 24.8 Å². The van der Waals surface area contributed by atoms with Gasteiger partial charge >= 0.3 is 0 Å². The topological polar surface area (TPSA) is 52.8 Å². The van der Waals surface area contributed by atoms with Crippen molar-refractivity contribution < 1.29 is 4.74 Å². The highest BCUT2D eigenvalue weighted by Gasteiger charge is 2.13. The molecule has 3 rings (SSSR count). The Labute approximate surface area is 165 Å². The first-order valence-corrected chi connectivity index (χ1v) is 10.3. The lowest BCUT2D eigenvalue weighted by Gasteiger charge is -2.10. The highest BCUT2D eigenvalue weighted by atomic mass is 32.2. The molecule has 0 saturated carbocycles. The van der Waals surface area contributed by atoms with E-state index in [9.17, 15) is 0 Å². The number of hydrogen-bond acceptors (Lipinski definition) is 5. The van der Waals surface area contributed by atoms with Gasteiger partial charge in [0.05, 0.1) is 6.61 Å². The van der Waals surface area contributed by atoms with E-state index in [2.05, 4.69) is 58.7 Å². The number of ether oxygens (including phenoxy) is 1. The molecule has 5 nitrogen and oxygen atoms in total. The molecule has 0 saturated heterocycles. The lowest BCUT2D eigenvalue weighted by molar-refractivity contribution is 0.318. The number of nitrogens with zero attached hydrogens (tertiary/aromatic N) is 4. The molecule has 0 amide bonds. The fourth-order valence-corrected chi connectivity index (χ4v) is 3.84. The standard InChI is InChI=1S/C21H26N4OS/c1-4-10-25-20(18-6-8-22-9-7-18)23-24-21(25)27-12-5-11-26-19-14-16(2)13-17(3)15-19/h6-9,13-15H,4-5,10-12H2,1-3H3. The molecule has 2 heterocycles. The first kappa shape index (κ1) is 19.4. The number of benzene rings is 1. The molecular formula is C21H26N4OS. The van der Waals surface area contributed by atoms with Crippen molar-refractivity contribution in [2.45, 2.75) is 45.3 Å². The minimum atomic E-state index is 0.703. The molecule has 0 bridgehead atoms. The predicted octanol–water partition coefficient (Wildman–Crippen LogP) is 4.93. The summed E-state index contributed by atoms with van der Waals surface area (Å²) in [5.74, 6) is 2.81. The van der Waals surface area contributed by atoms with Crippen LogP contribution in [0.1, 0.15) is 30.9 Å². The molecule has 0 radical (unpaired) electrons. The van der Waals surface area contributed by atoms with Crippen LogP contribution in [0.15, 0.2) is 47.9 Å². The minimum absolute atomic E-state index is 0.703. The van der Waals surface area contributed by atoms with Crippen LogP contribution < -0.4 is 4.74 Å². The summed E-state index contributed by atoms with van der Waals surface area (Å²) in [4.78, 5) is 4.08. The molecule has 1 aromatic carbocycles. The summed E-state index contributed by atoms with van der Waals surface area (Å²) in [5.41, 5.74) is 3.52. The molecule has 27 heavy (non-hydrogen) atoms. The summed E-state index contributed by atoms with van der Waals surface area (Å²) in [6.07, 6.45) is 5.58. The van der Waals surface area contributed by atoms with Crippen LogP contribution >= 0.6 is 11.8 Å². The van der Waals surface area contributed by atoms with E-state index in [1.807, 2.05) is 12.1 Å². The van der Waals surface area contributed by atoms with Crippen LogP contribution in [0.5, 0.6) is 5.75 Å². The zero-order valence-electron chi connectivity index (χ0n) is 16.2. The van der Waals surface area contributed by atoms with E-state index in [0.29, 0.717) is 6.61 Å². The summed E-state index contributed by atoms with van der Waals surface area (Å²) in [5, 5.41) is 9.78. The third-order valence-corrected chi connectivity index (χ3v) is 5.14. The third-order valence-electron chi connectivity index (χ3n) is 4.09. The summed E-state index contributed by atoms with van der Waals surface area (Å²) in [7, 11) is 0. The maximum atomic E-state index is 5.89. The van der Waals surface area contributed by atoms with Gasteiger partial charge in [-0.15, -0.1) is 10.2 Å². The Morgan fingerprint density at radius 3 is 2.48 bits per heavy atom. The Bertz CT molecular complexity index is 844. The summed E-state index contributed by atoms with van der Waals surface area (Å²) >= 11 is 1.74. The zero-order valence-corrected chi connectivity index (χ0v) is 17.0. The van der Waals surface area contributed by atoms with E-state index >= 15 is 0 Å². The monoisotopic (exact) mass is 382 g/mol. The number of pyridine rings is 1. The van der Waals surface area contributed by atoms with Crippen molar-refractivity contribution >= 4 is 11.8 Å². The Morgan fingerprint density at radius 1 is 1.04 bits per heavy atom. The molecule has 6 heteroatoms. The normalized spacial score (nSPS) is 10.9. The Balaban J connectivity index is 1.55. The lowest BCUT2D eigenvalue weighted by atomic mass is 10.1.